The molecule has 1 fully saturated rings. The number of nitrogen functional groups attached to an aromatic ring is 1. The molecule has 1 aromatic rings. The van der Waals surface area contributed by atoms with Gasteiger partial charge < -0.3 is 4.90 Å². The Kier molecular flexibility index (Phi) is 3.48. The minimum atomic E-state index is -0.418. The number of hydrazine groups is 1. The number of carbonyl (C=O) groups excluding carboxylic acids is 3. The number of nitrogens with zero attached hydrogens (tertiary/aromatic N) is 2. The van der Waals surface area contributed by atoms with Gasteiger partial charge in [-0.3, -0.25) is 19.9 Å². The van der Waals surface area contributed by atoms with Crippen molar-refractivity contribution >= 4 is 17.8 Å². The lowest BCUT2D eigenvalue weighted by molar-refractivity contribution is -0.125. The first-order valence-corrected chi connectivity index (χ1v) is 5.68. The molecule has 1 heterocycles. The second-order valence-corrected chi connectivity index (χ2v) is 4.29. The minimum absolute atomic E-state index is 0.0851. The van der Waals surface area contributed by atoms with E-state index in [2.05, 4.69) is 0 Å². The van der Waals surface area contributed by atoms with Crippen LogP contribution in [0.5, 0.6) is 0 Å². The Balaban J connectivity index is 2.18. The summed E-state index contributed by atoms with van der Waals surface area (Å²) < 4.78 is 0. The van der Waals surface area contributed by atoms with Gasteiger partial charge in [-0.25, -0.2) is 10.6 Å². The molecule has 7 nitrogen and oxygen atoms in total. The van der Waals surface area contributed by atoms with Gasteiger partial charge in [-0.2, -0.15) is 0 Å². The van der Waals surface area contributed by atoms with E-state index in [0.717, 1.165) is 4.90 Å². The lowest BCUT2D eigenvalue weighted by Gasteiger charge is -2.14. The fourth-order valence-electron chi connectivity index (χ4n) is 1.90. The van der Waals surface area contributed by atoms with Gasteiger partial charge in [-0.1, -0.05) is 12.1 Å². The van der Waals surface area contributed by atoms with Gasteiger partial charge in [0, 0.05) is 12.6 Å². The van der Waals surface area contributed by atoms with E-state index >= 15 is 0 Å². The first-order valence-electron chi connectivity index (χ1n) is 5.68. The first kappa shape index (κ1) is 13.0. The van der Waals surface area contributed by atoms with Crippen LogP contribution in [0.3, 0.4) is 0 Å². The molecule has 19 heavy (non-hydrogen) atoms. The lowest BCUT2D eigenvalue weighted by Crippen LogP contribution is -2.32. The maximum Gasteiger partial charge on any atom is 0.327 e. The van der Waals surface area contributed by atoms with Crippen molar-refractivity contribution < 1.29 is 14.4 Å². The summed E-state index contributed by atoms with van der Waals surface area (Å²) >= 11 is 0. The van der Waals surface area contributed by atoms with Crippen molar-refractivity contribution in [3.63, 3.8) is 0 Å². The van der Waals surface area contributed by atoms with E-state index in [1.54, 1.807) is 31.3 Å². The molecule has 0 bridgehead atoms. The Morgan fingerprint density at radius 3 is 2.74 bits per heavy atom. The molecular formula is C12H14N4O3. The lowest BCUT2D eigenvalue weighted by atomic mass is 10.1. The third-order valence-corrected chi connectivity index (χ3v) is 2.89. The number of rotatable bonds is 3. The number of likely N-dealkylation sites (N-methyl/N-ethyl adjacent to an activating group) is 1. The number of imide groups is 1. The topological polar surface area (TPSA) is 95.7 Å². The van der Waals surface area contributed by atoms with E-state index in [4.69, 9.17) is 5.84 Å². The number of hydrogen-bond acceptors (Lipinski definition) is 4. The van der Waals surface area contributed by atoms with Crippen LogP contribution in [0.25, 0.3) is 0 Å². The average molecular weight is 262 g/mol. The predicted octanol–water partition coefficient (Wildman–Crippen LogP) is -0.316. The highest BCUT2D eigenvalue weighted by Gasteiger charge is 2.33. The van der Waals surface area contributed by atoms with Crippen LogP contribution in [0.4, 0.5) is 4.79 Å². The molecule has 1 saturated heterocycles. The minimum Gasteiger partial charge on any atom is -0.318 e. The summed E-state index contributed by atoms with van der Waals surface area (Å²) in [5.74, 6) is 4.39. The molecule has 0 spiro atoms. The molecule has 0 saturated carbocycles. The number of nitrogens with one attached hydrogen (secondary N) is 1. The molecule has 0 aromatic heterocycles. The van der Waals surface area contributed by atoms with Gasteiger partial charge in [0.2, 0.25) is 0 Å². The summed E-state index contributed by atoms with van der Waals surface area (Å²) in [5, 5.41) is 0. The fourth-order valence-corrected chi connectivity index (χ4v) is 1.90. The summed E-state index contributed by atoms with van der Waals surface area (Å²) in [6, 6.07) is 6.28. The number of hydrogen-bond donors (Lipinski definition) is 2. The fraction of sp³-hybridized carbons (Fsp3) is 0.250. The quantitative estimate of drug-likeness (QED) is 0.338. The molecule has 1 aliphatic rings. The molecule has 3 N–H and O–H groups in total. The predicted molar refractivity (Wildman–Crippen MR) is 66.7 cm³/mol. The number of amides is 4. The van der Waals surface area contributed by atoms with E-state index in [9.17, 15) is 14.4 Å². The van der Waals surface area contributed by atoms with Gasteiger partial charge in [-0.15, -0.1) is 0 Å². The smallest absolute Gasteiger partial charge is 0.318 e. The van der Waals surface area contributed by atoms with Gasteiger partial charge in [0.15, 0.2) is 0 Å². The number of nitrogens with two attached hydrogens (primary N) is 1. The monoisotopic (exact) mass is 262 g/mol. The molecular weight excluding hydrogens is 248 g/mol. The summed E-state index contributed by atoms with van der Waals surface area (Å²) in [5.41, 5.74) is 3.11. The van der Waals surface area contributed by atoms with Gasteiger partial charge in [0.05, 0.1) is 6.54 Å². The Morgan fingerprint density at radius 2 is 2.16 bits per heavy atom. The molecule has 4 amide bonds. The van der Waals surface area contributed by atoms with Crippen molar-refractivity contribution in [1.29, 1.82) is 0 Å². The average Bonchev–Trinajstić information content (AvgIpc) is 2.65. The standard InChI is InChI=1S/C12H14N4O3/c1-15-7-10(17)16(12(15)19)6-8-3-2-4-9(5-8)11(18)14-13/h2-5H,6-7,13H2,1H3,(H,14,18). The second-order valence-electron chi connectivity index (χ2n) is 4.29. The van der Waals surface area contributed by atoms with Gasteiger partial charge in [0.25, 0.3) is 11.8 Å². The van der Waals surface area contributed by atoms with Gasteiger partial charge in [-0.05, 0) is 17.7 Å². The van der Waals surface area contributed by atoms with Crippen LogP contribution in [0.2, 0.25) is 0 Å². The number of benzene rings is 1. The maximum absolute atomic E-state index is 11.7. The van der Waals surface area contributed by atoms with Crippen molar-refractivity contribution in [2.45, 2.75) is 6.54 Å². The van der Waals surface area contributed by atoms with Crippen molar-refractivity contribution in [2.24, 2.45) is 5.84 Å². The summed E-state index contributed by atoms with van der Waals surface area (Å²) in [4.78, 5) is 37.3. The highest BCUT2D eigenvalue weighted by atomic mass is 16.2. The van der Waals surface area contributed by atoms with Crippen LogP contribution >= 0.6 is 0 Å². The Labute approximate surface area is 109 Å². The first-order chi connectivity index (χ1) is 9.02. The molecule has 2 rings (SSSR count). The van der Waals surface area contributed by atoms with E-state index in [-0.39, 0.29) is 25.0 Å². The largest absolute Gasteiger partial charge is 0.327 e. The summed E-state index contributed by atoms with van der Waals surface area (Å²) in [6.07, 6.45) is 0. The van der Waals surface area contributed by atoms with Crippen LogP contribution < -0.4 is 11.3 Å². The highest BCUT2D eigenvalue weighted by molar-refractivity contribution is 6.01. The Bertz CT molecular complexity index is 544. The summed E-state index contributed by atoms with van der Waals surface area (Å²) in [6.45, 7) is 0.232. The van der Waals surface area contributed by atoms with Crippen LogP contribution in [0, 0.1) is 0 Å². The second kappa shape index (κ2) is 5.07. The summed E-state index contributed by atoms with van der Waals surface area (Å²) in [7, 11) is 1.57. The van der Waals surface area contributed by atoms with Crippen LogP contribution in [-0.2, 0) is 11.3 Å². The van der Waals surface area contributed by atoms with Crippen LogP contribution in [0.15, 0.2) is 24.3 Å². The highest BCUT2D eigenvalue weighted by Crippen LogP contribution is 2.14. The SMILES string of the molecule is CN1CC(=O)N(Cc2cccc(C(=O)NN)c2)C1=O. The molecule has 0 atom stereocenters. The zero-order chi connectivity index (χ0) is 14.0. The van der Waals surface area contributed by atoms with E-state index in [0.29, 0.717) is 11.1 Å². The molecule has 0 aliphatic carbocycles. The van der Waals surface area contributed by atoms with Gasteiger partial charge >= 0.3 is 6.03 Å². The molecule has 100 valence electrons. The normalized spacial score (nSPS) is 15.1. The van der Waals surface area contributed by atoms with Crippen molar-refractivity contribution in [3.8, 4) is 0 Å². The Hall–Kier alpha value is -2.41. The zero-order valence-electron chi connectivity index (χ0n) is 10.4. The van der Waals surface area contributed by atoms with Crippen molar-refractivity contribution in [2.75, 3.05) is 13.6 Å². The zero-order valence-corrected chi connectivity index (χ0v) is 10.4. The third-order valence-electron chi connectivity index (χ3n) is 2.89. The van der Waals surface area contributed by atoms with Crippen LogP contribution in [-0.4, -0.2) is 41.2 Å². The number of carbonyl (C=O) groups is 3. The maximum atomic E-state index is 11.7. The van der Waals surface area contributed by atoms with Gasteiger partial charge in [0.1, 0.15) is 6.54 Å². The molecule has 1 aliphatic heterocycles. The van der Waals surface area contributed by atoms with E-state index in [1.165, 1.54) is 4.90 Å². The van der Waals surface area contributed by atoms with E-state index < -0.39 is 5.91 Å². The molecule has 1 aromatic carbocycles. The van der Waals surface area contributed by atoms with Crippen LogP contribution in [0.1, 0.15) is 15.9 Å². The molecule has 0 radical (unpaired) electrons. The third kappa shape index (κ3) is 2.55. The molecule has 7 heteroatoms. The van der Waals surface area contributed by atoms with Crippen molar-refractivity contribution in [3.05, 3.63) is 35.4 Å². The van der Waals surface area contributed by atoms with Crippen molar-refractivity contribution in [1.82, 2.24) is 15.2 Å². The number of urea groups is 1. The van der Waals surface area contributed by atoms with E-state index in [1.807, 2.05) is 5.43 Å². The molecule has 0 unspecified atom stereocenters. The Morgan fingerprint density at radius 1 is 1.42 bits per heavy atom.